The summed E-state index contributed by atoms with van der Waals surface area (Å²) in [7, 11) is 0. The van der Waals surface area contributed by atoms with Crippen molar-refractivity contribution in [3.63, 3.8) is 0 Å². The number of fused-ring (bicyclic) bond motifs is 1. The molecule has 0 radical (unpaired) electrons. The van der Waals surface area contributed by atoms with Crippen LogP contribution < -0.4 is 5.32 Å². The number of para-hydroxylation sites is 1. The van der Waals surface area contributed by atoms with Gasteiger partial charge in [0.1, 0.15) is 0 Å². The molecule has 1 amide bonds. The largest absolute Gasteiger partial charge is 0.352 e. The van der Waals surface area contributed by atoms with Crippen LogP contribution in [-0.2, 0) is 6.42 Å². The maximum atomic E-state index is 12.2. The van der Waals surface area contributed by atoms with Gasteiger partial charge in [-0.25, -0.2) is 0 Å². The highest BCUT2D eigenvalue weighted by Crippen LogP contribution is 2.22. The molecule has 1 N–H and O–H groups in total. The summed E-state index contributed by atoms with van der Waals surface area (Å²) >= 11 is 5.97. The van der Waals surface area contributed by atoms with E-state index < -0.39 is 4.92 Å². The van der Waals surface area contributed by atoms with Crippen molar-refractivity contribution in [3.8, 4) is 0 Å². The van der Waals surface area contributed by atoms with Gasteiger partial charge in [0.05, 0.1) is 21.0 Å². The highest BCUT2D eigenvalue weighted by Gasteiger charge is 2.14. The Hall–Kier alpha value is -2.99. The average Bonchev–Trinajstić information content (AvgIpc) is 2.61. The number of pyridine rings is 1. The quantitative estimate of drug-likeness (QED) is 0.557. The summed E-state index contributed by atoms with van der Waals surface area (Å²) in [6, 6.07) is 13.6. The zero-order chi connectivity index (χ0) is 17.8. The first-order valence-electron chi connectivity index (χ1n) is 7.61. The lowest BCUT2D eigenvalue weighted by molar-refractivity contribution is -0.384. The molecule has 126 valence electrons. The van der Waals surface area contributed by atoms with E-state index >= 15 is 0 Å². The van der Waals surface area contributed by atoms with Gasteiger partial charge in [-0.1, -0.05) is 35.9 Å². The van der Waals surface area contributed by atoms with E-state index in [9.17, 15) is 14.9 Å². The van der Waals surface area contributed by atoms with E-state index in [2.05, 4.69) is 10.3 Å². The Bertz CT molecular complexity index is 954. The maximum absolute atomic E-state index is 12.2. The number of non-ortho nitro benzene ring substituents is 1. The molecule has 7 heteroatoms. The van der Waals surface area contributed by atoms with Crippen molar-refractivity contribution < 1.29 is 9.72 Å². The average molecular weight is 356 g/mol. The Morgan fingerprint density at radius 2 is 2.00 bits per heavy atom. The number of nitro benzene ring substituents is 1. The van der Waals surface area contributed by atoms with Gasteiger partial charge in [0.15, 0.2) is 0 Å². The molecule has 0 bridgehead atoms. The van der Waals surface area contributed by atoms with Gasteiger partial charge in [-0.15, -0.1) is 0 Å². The summed E-state index contributed by atoms with van der Waals surface area (Å²) in [6.07, 6.45) is 2.35. The molecule has 0 aliphatic rings. The summed E-state index contributed by atoms with van der Waals surface area (Å²) in [6.45, 7) is 0.405. The number of carbonyl (C=O) groups excluding carboxylic acids is 1. The van der Waals surface area contributed by atoms with Crippen molar-refractivity contribution in [3.05, 3.63) is 81.0 Å². The highest BCUT2D eigenvalue weighted by molar-refractivity contribution is 6.34. The van der Waals surface area contributed by atoms with Crippen molar-refractivity contribution in [2.45, 2.75) is 6.42 Å². The molecular weight excluding hydrogens is 342 g/mol. The molecule has 6 nitrogen and oxygen atoms in total. The van der Waals surface area contributed by atoms with E-state index in [0.29, 0.717) is 13.0 Å². The third kappa shape index (κ3) is 3.75. The lowest BCUT2D eigenvalue weighted by Crippen LogP contribution is -2.26. The van der Waals surface area contributed by atoms with Crippen LogP contribution in [0.4, 0.5) is 5.69 Å². The fourth-order valence-corrected chi connectivity index (χ4v) is 2.84. The minimum Gasteiger partial charge on any atom is -0.352 e. The molecule has 1 aromatic heterocycles. The van der Waals surface area contributed by atoms with Gasteiger partial charge >= 0.3 is 0 Å². The van der Waals surface area contributed by atoms with Crippen LogP contribution in [0.2, 0.25) is 5.02 Å². The Labute approximate surface area is 148 Å². The van der Waals surface area contributed by atoms with Crippen molar-refractivity contribution in [1.82, 2.24) is 10.3 Å². The minimum atomic E-state index is -0.554. The molecule has 0 fully saturated rings. The number of nitro groups is 1. The zero-order valence-electron chi connectivity index (χ0n) is 13.1. The number of aromatic nitrogens is 1. The first-order valence-corrected chi connectivity index (χ1v) is 7.99. The summed E-state index contributed by atoms with van der Waals surface area (Å²) < 4.78 is 0. The van der Waals surface area contributed by atoms with Crippen molar-refractivity contribution in [2.24, 2.45) is 0 Å². The smallest absolute Gasteiger partial charge is 0.270 e. The Balaban J connectivity index is 1.67. The number of carbonyl (C=O) groups is 1. The lowest BCUT2D eigenvalue weighted by atomic mass is 10.1. The van der Waals surface area contributed by atoms with E-state index in [1.165, 1.54) is 18.2 Å². The second kappa shape index (κ2) is 7.27. The van der Waals surface area contributed by atoms with Crippen LogP contribution in [0.25, 0.3) is 10.9 Å². The Morgan fingerprint density at radius 3 is 2.76 bits per heavy atom. The highest BCUT2D eigenvalue weighted by atomic mass is 35.5. The van der Waals surface area contributed by atoms with E-state index in [4.69, 9.17) is 11.6 Å². The molecule has 0 saturated carbocycles. The van der Waals surface area contributed by atoms with Crippen LogP contribution in [0, 0.1) is 10.1 Å². The number of nitrogens with zero attached hydrogens (tertiary/aromatic N) is 2. The Morgan fingerprint density at radius 1 is 1.20 bits per heavy atom. The first-order chi connectivity index (χ1) is 12.1. The number of benzene rings is 2. The number of hydrogen-bond donors (Lipinski definition) is 1. The summed E-state index contributed by atoms with van der Waals surface area (Å²) in [5.41, 5.74) is 2.01. The molecule has 3 aromatic rings. The van der Waals surface area contributed by atoms with Gasteiger partial charge in [0, 0.05) is 30.3 Å². The standard InChI is InChI=1S/C18H14ClN3O3/c19-16-11-14(22(24)25)6-7-15(16)18(23)21-10-8-13-4-1-3-12-5-2-9-20-17(12)13/h1-7,9,11H,8,10H2,(H,21,23). The molecule has 1 heterocycles. The van der Waals surface area contributed by atoms with Crippen LogP contribution in [0.5, 0.6) is 0 Å². The predicted octanol–water partition coefficient (Wildman–Crippen LogP) is 3.77. The molecule has 0 aliphatic carbocycles. The molecule has 0 spiro atoms. The molecular formula is C18H14ClN3O3. The van der Waals surface area contributed by atoms with Gasteiger partial charge < -0.3 is 5.32 Å². The summed E-state index contributed by atoms with van der Waals surface area (Å²) in [5, 5.41) is 14.6. The van der Waals surface area contributed by atoms with E-state index in [-0.39, 0.29) is 22.2 Å². The number of amides is 1. The van der Waals surface area contributed by atoms with E-state index in [1.807, 2.05) is 30.3 Å². The van der Waals surface area contributed by atoms with E-state index in [0.717, 1.165) is 16.5 Å². The van der Waals surface area contributed by atoms with Gasteiger partial charge in [-0.3, -0.25) is 19.9 Å². The molecule has 2 aromatic carbocycles. The normalized spacial score (nSPS) is 10.6. The van der Waals surface area contributed by atoms with Crippen molar-refractivity contribution in [2.75, 3.05) is 6.54 Å². The van der Waals surface area contributed by atoms with E-state index in [1.54, 1.807) is 6.20 Å². The molecule has 0 unspecified atom stereocenters. The van der Waals surface area contributed by atoms with Crippen molar-refractivity contribution in [1.29, 1.82) is 0 Å². The maximum Gasteiger partial charge on any atom is 0.270 e. The van der Waals surface area contributed by atoms with Crippen LogP contribution >= 0.6 is 11.6 Å². The SMILES string of the molecule is O=C(NCCc1cccc2cccnc12)c1ccc([N+](=O)[O-])cc1Cl. The van der Waals surface area contributed by atoms with Gasteiger partial charge in [0.25, 0.3) is 11.6 Å². The van der Waals surface area contributed by atoms with Crippen LogP contribution in [0.3, 0.4) is 0 Å². The molecule has 0 atom stereocenters. The number of hydrogen-bond acceptors (Lipinski definition) is 4. The van der Waals surface area contributed by atoms with Crippen LogP contribution in [0.1, 0.15) is 15.9 Å². The fraction of sp³-hybridized carbons (Fsp3) is 0.111. The monoisotopic (exact) mass is 355 g/mol. The summed E-state index contributed by atoms with van der Waals surface area (Å²) in [5.74, 6) is -0.368. The molecule has 0 saturated heterocycles. The fourth-order valence-electron chi connectivity index (χ4n) is 2.58. The third-order valence-electron chi connectivity index (χ3n) is 3.80. The second-order valence-corrected chi connectivity index (χ2v) is 5.83. The molecule has 3 rings (SSSR count). The second-order valence-electron chi connectivity index (χ2n) is 5.42. The molecule has 25 heavy (non-hydrogen) atoms. The lowest BCUT2D eigenvalue weighted by Gasteiger charge is -2.08. The minimum absolute atomic E-state index is 0.0542. The number of nitrogens with one attached hydrogen (secondary N) is 1. The number of halogens is 1. The van der Waals surface area contributed by atoms with Gasteiger partial charge in [0.2, 0.25) is 0 Å². The zero-order valence-corrected chi connectivity index (χ0v) is 13.9. The van der Waals surface area contributed by atoms with Crippen molar-refractivity contribution >= 4 is 34.1 Å². The number of rotatable bonds is 5. The van der Waals surface area contributed by atoms with Gasteiger partial charge in [-0.05, 0) is 24.1 Å². The Kier molecular flexibility index (Phi) is 4.90. The van der Waals surface area contributed by atoms with Gasteiger partial charge in [-0.2, -0.15) is 0 Å². The predicted molar refractivity (Wildman–Crippen MR) is 95.9 cm³/mol. The van der Waals surface area contributed by atoms with Crippen LogP contribution in [-0.4, -0.2) is 22.4 Å². The van der Waals surface area contributed by atoms with Crippen LogP contribution in [0.15, 0.2) is 54.7 Å². The molecule has 0 aliphatic heterocycles. The first kappa shape index (κ1) is 16.9. The summed E-state index contributed by atoms with van der Waals surface area (Å²) in [4.78, 5) is 26.8. The third-order valence-corrected chi connectivity index (χ3v) is 4.12. The topological polar surface area (TPSA) is 85.1 Å².